The van der Waals surface area contributed by atoms with E-state index in [1.54, 1.807) is 33.1 Å². The van der Waals surface area contributed by atoms with Gasteiger partial charge in [0.1, 0.15) is 0 Å². The summed E-state index contributed by atoms with van der Waals surface area (Å²) >= 11 is 0. The quantitative estimate of drug-likeness (QED) is 0.671. The molecule has 8 heteroatoms. The summed E-state index contributed by atoms with van der Waals surface area (Å²) in [6, 6.07) is 7.51. The molecule has 0 aliphatic rings. The Kier molecular flexibility index (Phi) is 4.75. The van der Waals surface area contributed by atoms with E-state index in [0.29, 0.717) is 23.1 Å². The van der Waals surface area contributed by atoms with E-state index < -0.39 is 0 Å². The van der Waals surface area contributed by atoms with Gasteiger partial charge in [0.15, 0.2) is 23.0 Å². The van der Waals surface area contributed by atoms with Crippen LogP contribution in [-0.2, 0) is 7.05 Å². The van der Waals surface area contributed by atoms with Gasteiger partial charge in [0.05, 0.1) is 33.8 Å². The van der Waals surface area contributed by atoms with Gasteiger partial charge >= 0.3 is 0 Å². The number of aromatic nitrogens is 3. The van der Waals surface area contributed by atoms with Crippen molar-refractivity contribution in [1.29, 1.82) is 0 Å². The molecular formula is C18H22N4O4. The van der Waals surface area contributed by atoms with E-state index in [2.05, 4.69) is 10.1 Å². The third-order valence-corrected chi connectivity index (χ3v) is 4.21. The van der Waals surface area contributed by atoms with E-state index in [1.165, 1.54) is 0 Å². The fourth-order valence-electron chi connectivity index (χ4n) is 2.84. The standard InChI is InChI=1S/C18H22N4O4/c1-21(11-9-13(23-3)16(26-6)14(10-11)24-4)18-12-7-8-15(25-5)19-17(12)22(2)20-18/h7-10H,1-6H3. The lowest BCUT2D eigenvalue weighted by atomic mass is 10.2. The minimum Gasteiger partial charge on any atom is -0.493 e. The molecule has 0 saturated heterocycles. The first-order chi connectivity index (χ1) is 12.5. The van der Waals surface area contributed by atoms with Gasteiger partial charge < -0.3 is 23.8 Å². The number of nitrogens with zero attached hydrogens (tertiary/aromatic N) is 4. The average molecular weight is 358 g/mol. The Morgan fingerprint density at radius 3 is 2.12 bits per heavy atom. The maximum absolute atomic E-state index is 5.44. The molecule has 0 atom stereocenters. The van der Waals surface area contributed by atoms with Crippen LogP contribution in [0.25, 0.3) is 11.0 Å². The molecule has 0 spiro atoms. The van der Waals surface area contributed by atoms with Crippen LogP contribution < -0.4 is 23.8 Å². The molecule has 26 heavy (non-hydrogen) atoms. The second kappa shape index (κ2) is 6.99. The zero-order valence-electron chi connectivity index (χ0n) is 15.7. The van der Waals surface area contributed by atoms with Crippen LogP contribution >= 0.6 is 0 Å². The van der Waals surface area contributed by atoms with Crippen molar-refractivity contribution in [2.75, 3.05) is 40.4 Å². The maximum atomic E-state index is 5.44. The fraction of sp³-hybridized carbons (Fsp3) is 0.333. The van der Waals surface area contributed by atoms with Gasteiger partial charge in [0, 0.05) is 38.0 Å². The van der Waals surface area contributed by atoms with Crippen LogP contribution in [0.1, 0.15) is 0 Å². The SMILES string of the molecule is COc1ccc2c(N(C)c3cc(OC)c(OC)c(OC)c3)nn(C)c2n1. The van der Waals surface area contributed by atoms with E-state index in [0.717, 1.165) is 22.5 Å². The lowest BCUT2D eigenvalue weighted by Crippen LogP contribution is -2.11. The van der Waals surface area contributed by atoms with Crippen molar-refractivity contribution >= 4 is 22.5 Å². The summed E-state index contributed by atoms with van der Waals surface area (Å²) < 4.78 is 23.2. The maximum Gasteiger partial charge on any atom is 0.214 e. The van der Waals surface area contributed by atoms with Crippen LogP contribution in [0, 0.1) is 0 Å². The minimum absolute atomic E-state index is 0.544. The van der Waals surface area contributed by atoms with Crippen molar-refractivity contribution in [2.45, 2.75) is 0 Å². The van der Waals surface area contributed by atoms with Crippen LogP contribution in [0.15, 0.2) is 24.3 Å². The number of anilines is 2. The number of hydrogen-bond donors (Lipinski definition) is 0. The Bertz CT molecular complexity index is 913. The monoisotopic (exact) mass is 358 g/mol. The molecule has 0 aliphatic heterocycles. The van der Waals surface area contributed by atoms with Crippen molar-refractivity contribution in [1.82, 2.24) is 14.8 Å². The molecule has 0 N–H and O–H groups in total. The smallest absolute Gasteiger partial charge is 0.214 e. The Hall–Kier alpha value is -3.16. The molecule has 3 rings (SSSR count). The number of ether oxygens (including phenoxy) is 4. The van der Waals surface area contributed by atoms with Gasteiger partial charge in [0.2, 0.25) is 11.6 Å². The average Bonchev–Trinajstić information content (AvgIpc) is 3.01. The minimum atomic E-state index is 0.544. The third kappa shape index (κ3) is 2.83. The van der Waals surface area contributed by atoms with E-state index in [1.807, 2.05) is 43.3 Å². The predicted molar refractivity (Wildman–Crippen MR) is 99.2 cm³/mol. The summed E-state index contributed by atoms with van der Waals surface area (Å²) in [4.78, 5) is 6.41. The second-order valence-electron chi connectivity index (χ2n) is 5.61. The topological polar surface area (TPSA) is 70.9 Å². The van der Waals surface area contributed by atoms with Crippen molar-refractivity contribution in [2.24, 2.45) is 7.05 Å². The van der Waals surface area contributed by atoms with Crippen LogP contribution in [0.2, 0.25) is 0 Å². The van der Waals surface area contributed by atoms with E-state index >= 15 is 0 Å². The highest BCUT2D eigenvalue weighted by Crippen LogP contribution is 2.42. The molecule has 1 aromatic carbocycles. The van der Waals surface area contributed by atoms with Crippen molar-refractivity contribution in [3.63, 3.8) is 0 Å². The summed E-state index contributed by atoms with van der Waals surface area (Å²) in [6.45, 7) is 0. The first kappa shape index (κ1) is 17.7. The molecular weight excluding hydrogens is 336 g/mol. The van der Waals surface area contributed by atoms with Gasteiger partial charge in [-0.1, -0.05) is 0 Å². The number of benzene rings is 1. The molecule has 0 fully saturated rings. The summed E-state index contributed by atoms with van der Waals surface area (Å²) in [6.07, 6.45) is 0. The highest BCUT2D eigenvalue weighted by atomic mass is 16.5. The molecule has 0 bridgehead atoms. The van der Waals surface area contributed by atoms with Crippen LogP contribution in [0.5, 0.6) is 23.1 Å². The van der Waals surface area contributed by atoms with Gasteiger partial charge in [-0.2, -0.15) is 10.1 Å². The molecule has 0 unspecified atom stereocenters. The second-order valence-corrected chi connectivity index (χ2v) is 5.61. The first-order valence-corrected chi connectivity index (χ1v) is 7.95. The van der Waals surface area contributed by atoms with E-state index in [9.17, 15) is 0 Å². The molecule has 8 nitrogen and oxygen atoms in total. The zero-order chi connectivity index (χ0) is 18.8. The normalized spacial score (nSPS) is 10.7. The largest absolute Gasteiger partial charge is 0.493 e. The number of methoxy groups -OCH3 is 4. The summed E-state index contributed by atoms with van der Waals surface area (Å²) in [5, 5.41) is 5.51. The molecule has 0 amide bonds. The van der Waals surface area contributed by atoms with Gasteiger partial charge in [-0.05, 0) is 6.07 Å². The van der Waals surface area contributed by atoms with Crippen LogP contribution in [0.4, 0.5) is 11.5 Å². The molecule has 0 saturated carbocycles. The van der Waals surface area contributed by atoms with Gasteiger partial charge in [0.25, 0.3) is 0 Å². The van der Waals surface area contributed by atoms with Crippen LogP contribution in [-0.4, -0.2) is 50.3 Å². The molecule has 2 aromatic heterocycles. The Morgan fingerprint density at radius 1 is 0.923 bits per heavy atom. The Labute approximate surface area is 151 Å². The summed E-state index contributed by atoms with van der Waals surface area (Å²) in [5.41, 5.74) is 1.58. The number of fused-ring (bicyclic) bond motifs is 1. The molecule has 3 aromatic rings. The third-order valence-electron chi connectivity index (χ3n) is 4.21. The lowest BCUT2D eigenvalue weighted by Gasteiger charge is -2.20. The van der Waals surface area contributed by atoms with Crippen molar-refractivity contribution in [3.05, 3.63) is 24.3 Å². The number of rotatable bonds is 6. The van der Waals surface area contributed by atoms with Gasteiger partial charge in [-0.25, -0.2) is 4.68 Å². The summed E-state index contributed by atoms with van der Waals surface area (Å²) in [7, 11) is 10.1. The Balaban J connectivity index is 2.12. The molecule has 2 heterocycles. The predicted octanol–water partition coefficient (Wildman–Crippen LogP) is 2.77. The van der Waals surface area contributed by atoms with E-state index in [4.69, 9.17) is 18.9 Å². The first-order valence-electron chi connectivity index (χ1n) is 7.95. The fourth-order valence-corrected chi connectivity index (χ4v) is 2.84. The number of pyridine rings is 1. The van der Waals surface area contributed by atoms with Gasteiger partial charge in [-0.15, -0.1) is 0 Å². The van der Waals surface area contributed by atoms with Gasteiger partial charge in [-0.3, -0.25) is 0 Å². The van der Waals surface area contributed by atoms with Crippen molar-refractivity contribution in [3.8, 4) is 23.1 Å². The van der Waals surface area contributed by atoms with Crippen LogP contribution in [0.3, 0.4) is 0 Å². The molecule has 0 aliphatic carbocycles. The van der Waals surface area contributed by atoms with Crippen molar-refractivity contribution < 1.29 is 18.9 Å². The molecule has 138 valence electrons. The summed E-state index contributed by atoms with van der Waals surface area (Å²) in [5.74, 6) is 3.00. The Morgan fingerprint density at radius 2 is 1.58 bits per heavy atom. The number of aryl methyl sites for hydroxylation is 1. The lowest BCUT2D eigenvalue weighted by molar-refractivity contribution is 0.324. The highest BCUT2D eigenvalue weighted by molar-refractivity contribution is 5.91. The molecule has 0 radical (unpaired) electrons. The number of hydrogen-bond acceptors (Lipinski definition) is 7. The highest BCUT2D eigenvalue weighted by Gasteiger charge is 2.20. The zero-order valence-corrected chi connectivity index (χ0v) is 15.7. The van der Waals surface area contributed by atoms with E-state index in [-0.39, 0.29) is 0 Å².